The van der Waals surface area contributed by atoms with E-state index in [4.69, 9.17) is 0 Å². The van der Waals surface area contributed by atoms with E-state index >= 15 is 0 Å². The molecule has 0 saturated carbocycles. The number of hydrogen-bond acceptors (Lipinski definition) is 1. The average molecular weight is 294 g/mol. The zero-order valence-electron chi connectivity index (χ0n) is 6.94. The number of phenols is 1. The molecule has 0 spiro atoms. The molecule has 0 amide bonds. The number of benzene rings is 1. The molecule has 0 aliphatic heterocycles. The summed E-state index contributed by atoms with van der Waals surface area (Å²) in [7, 11) is 0. The number of rotatable bonds is 1. The first-order valence-corrected chi connectivity index (χ1v) is 5.29. The van der Waals surface area contributed by atoms with Gasteiger partial charge in [-0.3, -0.25) is 0 Å². The molecule has 0 heterocycles. The fourth-order valence-corrected chi connectivity index (χ4v) is 2.28. The molecule has 0 radical (unpaired) electrons. The standard InChI is InChI=1S/C9H10Br2O/c1-5(2)7-3-6(10)4-8(11)9(7)12/h3-5,12H,1-2H3. The summed E-state index contributed by atoms with van der Waals surface area (Å²) in [5.74, 6) is 0.673. The molecule has 1 rings (SSSR count). The Labute approximate surface area is 89.1 Å². The molecular formula is C9H10Br2O. The normalized spacial score (nSPS) is 10.8. The summed E-state index contributed by atoms with van der Waals surface area (Å²) in [6.07, 6.45) is 0. The van der Waals surface area contributed by atoms with Gasteiger partial charge in [-0.1, -0.05) is 29.8 Å². The Morgan fingerprint density at radius 1 is 1.25 bits per heavy atom. The van der Waals surface area contributed by atoms with Crippen LogP contribution in [0.2, 0.25) is 0 Å². The van der Waals surface area contributed by atoms with Crippen molar-refractivity contribution < 1.29 is 5.11 Å². The van der Waals surface area contributed by atoms with E-state index < -0.39 is 0 Å². The van der Waals surface area contributed by atoms with Gasteiger partial charge in [0.25, 0.3) is 0 Å². The Balaban J connectivity index is 3.28. The van der Waals surface area contributed by atoms with Crippen LogP contribution in [0.4, 0.5) is 0 Å². The molecule has 1 N–H and O–H groups in total. The van der Waals surface area contributed by atoms with Crippen LogP contribution in [-0.4, -0.2) is 5.11 Å². The Kier molecular flexibility index (Phi) is 3.18. The molecule has 66 valence electrons. The quantitative estimate of drug-likeness (QED) is 0.828. The average Bonchev–Trinajstić information content (AvgIpc) is 1.96. The Bertz CT molecular complexity index is 295. The molecule has 3 heteroatoms. The maximum Gasteiger partial charge on any atom is 0.133 e. The second-order valence-electron chi connectivity index (χ2n) is 2.98. The summed E-state index contributed by atoms with van der Waals surface area (Å²) in [5.41, 5.74) is 0.955. The van der Waals surface area contributed by atoms with Crippen LogP contribution < -0.4 is 0 Å². The van der Waals surface area contributed by atoms with Gasteiger partial charge in [-0.05, 0) is 39.5 Å². The minimum absolute atomic E-state index is 0.332. The van der Waals surface area contributed by atoms with Crippen LogP contribution in [0, 0.1) is 0 Å². The molecule has 1 aromatic rings. The van der Waals surface area contributed by atoms with Crippen molar-refractivity contribution >= 4 is 31.9 Å². The van der Waals surface area contributed by atoms with Gasteiger partial charge in [0.2, 0.25) is 0 Å². The summed E-state index contributed by atoms with van der Waals surface area (Å²) in [6, 6.07) is 3.77. The summed E-state index contributed by atoms with van der Waals surface area (Å²) < 4.78 is 1.72. The smallest absolute Gasteiger partial charge is 0.133 e. The number of aromatic hydroxyl groups is 1. The van der Waals surface area contributed by atoms with E-state index in [0.717, 1.165) is 14.5 Å². The van der Waals surface area contributed by atoms with Crippen LogP contribution in [0.25, 0.3) is 0 Å². The summed E-state index contributed by atoms with van der Waals surface area (Å²) in [6.45, 7) is 4.10. The second kappa shape index (κ2) is 3.79. The highest BCUT2D eigenvalue weighted by molar-refractivity contribution is 9.11. The summed E-state index contributed by atoms with van der Waals surface area (Å²) >= 11 is 6.66. The summed E-state index contributed by atoms with van der Waals surface area (Å²) in [5, 5.41) is 9.62. The second-order valence-corrected chi connectivity index (χ2v) is 4.75. The first-order chi connectivity index (χ1) is 5.52. The molecule has 12 heavy (non-hydrogen) atoms. The van der Waals surface area contributed by atoms with Gasteiger partial charge in [0.05, 0.1) is 4.47 Å². The molecule has 0 fully saturated rings. The zero-order chi connectivity index (χ0) is 9.30. The van der Waals surface area contributed by atoms with Crippen LogP contribution in [-0.2, 0) is 0 Å². The van der Waals surface area contributed by atoms with Gasteiger partial charge >= 0.3 is 0 Å². The van der Waals surface area contributed by atoms with Crippen molar-refractivity contribution in [3.05, 3.63) is 26.6 Å². The fraction of sp³-hybridized carbons (Fsp3) is 0.333. The Hall–Kier alpha value is -0.0200. The predicted octanol–water partition coefficient (Wildman–Crippen LogP) is 4.04. The van der Waals surface area contributed by atoms with Crippen LogP contribution in [0.15, 0.2) is 21.1 Å². The van der Waals surface area contributed by atoms with Crippen LogP contribution in [0.3, 0.4) is 0 Å². The Morgan fingerprint density at radius 2 is 1.83 bits per heavy atom. The van der Waals surface area contributed by atoms with E-state index in [2.05, 4.69) is 31.9 Å². The van der Waals surface area contributed by atoms with Crippen LogP contribution in [0.5, 0.6) is 5.75 Å². The Morgan fingerprint density at radius 3 is 2.33 bits per heavy atom. The van der Waals surface area contributed by atoms with E-state index in [1.807, 2.05) is 26.0 Å². The number of phenolic OH excluding ortho intramolecular Hbond substituents is 1. The van der Waals surface area contributed by atoms with Gasteiger partial charge in [0, 0.05) is 4.47 Å². The van der Waals surface area contributed by atoms with E-state index in [-0.39, 0.29) is 0 Å². The van der Waals surface area contributed by atoms with Crippen molar-refractivity contribution in [2.45, 2.75) is 19.8 Å². The predicted molar refractivity (Wildman–Crippen MR) is 57.6 cm³/mol. The molecular weight excluding hydrogens is 284 g/mol. The lowest BCUT2D eigenvalue weighted by Gasteiger charge is -2.09. The van der Waals surface area contributed by atoms with E-state index in [1.54, 1.807) is 0 Å². The van der Waals surface area contributed by atoms with Gasteiger partial charge in [-0.25, -0.2) is 0 Å². The first-order valence-electron chi connectivity index (χ1n) is 3.70. The molecule has 0 bridgehead atoms. The number of hydrogen-bond donors (Lipinski definition) is 1. The highest BCUT2D eigenvalue weighted by Crippen LogP contribution is 2.35. The van der Waals surface area contributed by atoms with Crippen molar-refractivity contribution in [3.63, 3.8) is 0 Å². The topological polar surface area (TPSA) is 20.2 Å². The van der Waals surface area contributed by atoms with Crippen molar-refractivity contribution in [2.75, 3.05) is 0 Å². The maximum absolute atomic E-state index is 9.62. The van der Waals surface area contributed by atoms with Gasteiger partial charge in [0.1, 0.15) is 5.75 Å². The van der Waals surface area contributed by atoms with E-state index in [9.17, 15) is 5.11 Å². The van der Waals surface area contributed by atoms with Crippen LogP contribution in [0.1, 0.15) is 25.3 Å². The van der Waals surface area contributed by atoms with Crippen molar-refractivity contribution in [1.29, 1.82) is 0 Å². The van der Waals surface area contributed by atoms with Crippen molar-refractivity contribution in [3.8, 4) is 5.75 Å². The number of halogens is 2. The molecule has 0 aliphatic carbocycles. The molecule has 0 aromatic heterocycles. The molecule has 0 aliphatic rings. The minimum atomic E-state index is 0.332. The minimum Gasteiger partial charge on any atom is -0.506 e. The maximum atomic E-state index is 9.62. The highest BCUT2D eigenvalue weighted by atomic mass is 79.9. The lowest BCUT2D eigenvalue weighted by atomic mass is 10.0. The molecule has 1 nitrogen and oxygen atoms in total. The monoisotopic (exact) mass is 292 g/mol. The molecule has 0 saturated heterocycles. The third-order valence-corrected chi connectivity index (χ3v) is 2.74. The van der Waals surface area contributed by atoms with Gasteiger partial charge in [-0.2, -0.15) is 0 Å². The first kappa shape index (κ1) is 10.1. The van der Waals surface area contributed by atoms with Gasteiger partial charge < -0.3 is 5.11 Å². The van der Waals surface area contributed by atoms with Gasteiger partial charge in [0.15, 0.2) is 0 Å². The third kappa shape index (κ3) is 2.02. The lowest BCUT2D eigenvalue weighted by Crippen LogP contribution is -1.88. The highest BCUT2D eigenvalue weighted by Gasteiger charge is 2.09. The largest absolute Gasteiger partial charge is 0.506 e. The van der Waals surface area contributed by atoms with E-state index in [0.29, 0.717) is 11.7 Å². The van der Waals surface area contributed by atoms with E-state index in [1.165, 1.54) is 0 Å². The SMILES string of the molecule is CC(C)c1cc(Br)cc(Br)c1O. The van der Waals surface area contributed by atoms with Gasteiger partial charge in [-0.15, -0.1) is 0 Å². The lowest BCUT2D eigenvalue weighted by molar-refractivity contribution is 0.461. The van der Waals surface area contributed by atoms with Crippen LogP contribution >= 0.6 is 31.9 Å². The summed E-state index contributed by atoms with van der Waals surface area (Å²) in [4.78, 5) is 0. The zero-order valence-corrected chi connectivity index (χ0v) is 10.1. The van der Waals surface area contributed by atoms with Crippen molar-refractivity contribution in [1.82, 2.24) is 0 Å². The molecule has 1 aromatic carbocycles. The molecule has 0 unspecified atom stereocenters. The molecule has 0 atom stereocenters. The third-order valence-electron chi connectivity index (χ3n) is 1.68. The fourth-order valence-electron chi connectivity index (χ4n) is 1.03. The van der Waals surface area contributed by atoms with Crippen molar-refractivity contribution in [2.24, 2.45) is 0 Å².